The molecule has 0 aliphatic heterocycles. The van der Waals surface area contributed by atoms with Crippen LogP contribution in [-0.2, 0) is 58.0 Å². The standard InChI is InChI=1S/C48H50O20/c1-27-13-28(2)18-37(17-27)41(49)61-65-45(53)57-11-9-35(25-59-47(55)67-63-43(51)39-21-31(5)15-32(6)22-39)36(26-60-48(56)68-64-44(52)40-23-33(7)16-34(8)24-40)10-12-58-46(54)66-62-42(50)38-19-29(3)14-30(4)20-38/h13-24,35-36H,9-12,25-26H2,1-8H3. The van der Waals surface area contributed by atoms with Crippen LogP contribution in [0.4, 0.5) is 19.2 Å². The maximum absolute atomic E-state index is 12.7. The van der Waals surface area contributed by atoms with Crippen molar-refractivity contribution in [3.63, 3.8) is 0 Å². The molecule has 0 aromatic heterocycles. The Morgan fingerprint density at radius 2 is 0.515 bits per heavy atom. The number of ether oxygens (including phenoxy) is 4. The number of aryl methyl sites for hydroxylation is 8. The summed E-state index contributed by atoms with van der Waals surface area (Å²) >= 11 is 0. The summed E-state index contributed by atoms with van der Waals surface area (Å²) in [5.41, 5.74) is 6.32. The maximum atomic E-state index is 12.7. The first-order valence-electron chi connectivity index (χ1n) is 20.8. The molecule has 0 saturated carbocycles. The molecule has 0 radical (unpaired) electrons. The molecule has 0 fully saturated rings. The lowest BCUT2D eigenvalue weighted by Crippen LogP contribution is -2.30. The molecule has 20 nitrogen and oxygen atoms in total. The lowest BCUT2D eigenvalue weighted by molar-refractivity contribution is -0.208. The van der Waals surface area contributed by atoms with Crippen molar-refractivity contribution in [1.82, 2.24) is 0 Å². The Hall–Kier alpha value is -8.16. The second-order valence-corrected chi connectivity index (χ2v) is 15.7. The molecule has 362 valence electrons. The molecule has 0 spiro atoms. The Kier molecular flexibility index (Phi) is 19.7. The van der Waals surface area contributed by atoms with E-state index in [1.54, 1.807) is 55.4 Å². The van der Waals surface area contributed by atoms with Gasteiger partial charge in [0.15, 0.2) is 0 Å². The summed E-state index contributed by atoms with van der Waals surface area (Å²) in [7, 11) is 0. The quantitative estimate of drug-likeness (QED) is 0.0466. The highest BCUT2D eigenvalue weighted by molar-refractivity contribution is 5.91. The summed E-state index contributed by atoms with van der Waals surface area (Å²) < 4.78 is 20.6. The highest BCUT2D eigenvalue weighted by Gasteiger charge is 2.29. The first kappa shape index (κ1) is 52.5. The summed E-state index contributed by atoms with van der Waals surface area (Å²) in [6.45, 7) is 11.7. The second-order valence-electron chi connectivity index (χ2n) is 15.7. The Balaban J connectivity index is 1.45. The third-order valence-electron chi connectivity index (χ3n) is 9.49. The first-order valence-corrected chi connectivity index (χ1v) is 20.8. The monoisotopic (exact) mass is 946 g/mol. The smallest absolute Gasteiger partial charge is 0.432 e. The van der Waals surface area contributed by atoms with Gasteiger partial charge in [-0.25, -0.2) is 58.3 Å². The minimum absolute atomic E-state index is 0.0826. The Labute approximate surface area is 390 Å². The fourth-order valence-electron chi connectivity index (χ4n) is 6.79. The zero-order chi connectivity index (χ0) is 49.9. The van der Waals surface area contributed by atoms with Gasteiger partial charge in [0.05, 0.1) is 48.7 Å². The lowest BCUT2D eigenvalue weighted by Gasteiger charge is -2.25. The Morgan fingerprint density at radius 1 is 0.309 bits per heavy atom. The van der Waals surface area contributed by atoms with Gasteiger partial charge in [-0.15, -0.1) is 0 Å². The molecule has 0 amide bonds. The van der Waals surface area contributed by atoms with Crippen LogP contribution in [0.25, 0.3) is 0 Å². The van der Waals surface area contributed by atoms with E-state index in [0.29, 0.717) is 0 Å². The number of benzene rings is 4. The average Bonchev–Trinajstić information content (AvgIpc) is 3.26. The van der Waals surface area contributed by atoms with E-state index in [1.165, 1.54) is 48.5 Å². The van der Waals surface area contributed by atoms with Crippen LogP contribution in [0, 0.1) is 67.2 Å². The predicted molar refractivity (Wildman–Crippen MR) is 231 cm³/mol. The number of hydrogen-bond acceptors (Lipinski definition) is 20. The highest BCUT2D eigenvalue weighted by Crippen LogP contribution is 2.23. The average molecular weight is 947 g/mol. The molecule has 0 aliphatic carbocycles. The van der Waals surface area contributed by atoms with Gasteiger partial charge in [0, 0.05) is 11.8 Å². The lowest BCUT2D eigenvalue weighted by atomic mass is 9.88. The Bertz CT molecular complexity index is 2240. The van der Waals surface area contributed by atoms with Gasteiger partial charge in [-0.1, -0.05) is 68.8 Å². The summed E-state index contributed by atoms with van der Waals surface area (Å²) in [5, 5.41) is 0. The van der Waals surface area contributed by atoms with Crippen molar-refractivity contribution < 1.29 is 96.4 Å². The van der Waals surface area contributed by atoms with Crippen LogP contribution in [0.2, 0.25) is 0 Å². The van der Waals surface area contributed by atoms with E-state index in [0.717, 1.165) is 44.5 Å². The van der Waals surface area contributed by atoms with Crippen molar-refractivity contribution in [2.75, 3.05) is 26.4 Å². The molecule has 0 aliphatic rings. The molecule has 0 N–H and O–H groups in total. The van der Waals surface area contributed by atoms with E-state index < -0.39 is 86.8 Å². The molecular weight excluding hydrogens is 897 g/mol. The fraction of sp³-hybridized carbons (Fsp3) is 0.333. The fourth-order valence-corrected chi connectivity index (χ4v) is 6.79. The van der Waals surface area contributed by atoms with Gasteiger partial charge in [-0.3, -0.25) is 0 Å². The zero-order valence-corrected chi connectivity index (χ0v) is 38.5. The van der Waals surface area contributed by atoms with Crippen molar-refractivity contribution in [1.29, 1.82) is 0 Å². The molecule has 4 aromatic carbocycles. The second kappa shape index (κ2) is 25.5. The molecule has 0 heterocycles. The molecule has 68 heavy (non-hydrogen) atoms. The van der Waals surface area contributed by atoms with Gasteiger partial charge >= 0.3 is 48.5 Å². The first-order chi connectivity index (χ1) is 32.2. The molecule has 2 unspecified atom stereocenters. The molecule has 0 saturated heterocycles. The van der Waals surface area contributed by atoms with Crippen LogP contribution in [0.5, 0.6) is 0 Å². The summed E-state index contributed by atoms with van der Waals surface area (Å²) in [6.07, 6.45) is -6.34. The van der Waals surface area contributed by atoms with Crippen LogP contribution in [0.1, 0.15) is 98.8 Å². The van der Waals surface area contributed by atoms with Crippen LogP contribution < -0.4 is 0 Å². The predicted octanol–water partition coefficient (Wildman–Crippen LogP) is 9.17. The van der Waals surface area contributed by atoms with Crippen LogP contribution in [-0.4, -0.2) is 74.9 Å². The third kappa shape index (κ3) is 18.0. The van der Waals surface area contributed by atoms with E-state index in [2.05, 4.69) is 39.1 Å². The van der Waals surface area contributed by atoms with Crippen LogP contribution in [0.3, 0.4) is 0 Å². The SMILES string of the molecule is Cc1cc(C)cc(C(=O)OOC(=O)OCCC(COC(=O)OOC(=O)c2cc(C)cc(C)c2)C(CCOC(=O)OOC(=O)c2cc(C)cc(C)c2)COC(=O)OOC(=O)c2cc(C)cc(C)c2)c1. The summed E-state index contributed by atoms with van der Waals surface area (Å²) in [4.78, 5) is 137. The maximum Gasteiger partial charge on any atom is 0.549 e. The normalized spacial score (nSPS) is 11.4. The van der Waals surface area contributed by atoms with Gasteiger partial charge in [0.1, 0.15) is 0 Å². The van der Waals surface area contributed by atoms with E-state index in [1.807, 2.05) is 24.3 Å². The van der Waals surface area contributed by atoms with Crippen LogP contribution >= 0.6 is 0 Å². The number of carbonyl (C=O) groups is 8. The molecular formula is C48H50O20. The largest absolute Gasteiger partial charge is 0.549 e. The van der Waals surface area contributed by atoms with E-state index in [4.69, 9.17) is 18.9 Å². The van der Waals surface area contributed by atoms with Gasteiger partial charge in [0.25, 0.3) is 0 Å². The number of rotatable bonds is 15. The van der Waals surface area contributed by atoms with Crippen molar-refractivity contribution >= 4 is 48.5 Å². The summed E-state index contributed by atoms with van der Waals surface area (Å²) in [6, 6.07) is 19.3. The highest BCUT2D eigenvalue weighted by atomic mass is 17.3. The number of hydrogen-bond donors (Lipinski definition) is 0. The minimum Gasteiger partial charge on any atom is -0.432 e. The van der Waals surface area contributed by atoms with E-state index in [9.17, 15) is 38.4 Å². The third-order valence-corrected chi connectivity index (χ3v) is 9.49. The van der Waals surface area contributed by atoms with Gasteiger partial charge in [-0.2, -0.15) is 19.2 Å². The molecule has 20 heteroatoms. The van der Waals surface area contributed by atoms with Crippen LogP contribution in [0.15, 0.2) is 72.8 Å². The van der Waals surface area contributed by atoms with Gasteiger partial charge < -0.3 is 18.9 Å². The zero-order valence-electron chi connectivity index (χ0n) is 38.5. The topological polar surface area (TPSA) is 247 Å². The molecule has 4 aromatic rings. The van der Waals surface area contributed by atoms with E-state index in [-0.39, 0.29) is 35.1 Å². The van der Waals surface area contributed by atoms with Crippen molar-refractivity contribution in [2.45, 2.75) is 68.2 Å². The summed E-state index contributed by atoms with van der Waals surface area (Å²) in [5.74, 6) is -6.03. The molecule has 0 bridgehead atoms. The van der Waals surface area contributed by atoms with Crippen molar-refractivity contribution in [3.05, 3.63) is 140 Å². The molecule has 2 atom stereocenters. The minimum atomic E-state index is -1.49. The van der Waals surface area contributed by atoms with Crippen molar-refractivity contribution in [3.8, 4) is 0 Å². The Morgan fingerprint density at radius 3 is 0.735 bits per heavy atom. The van der Waals surface area contributed by atoms with Gasteiger partial charge in [0.2, 0.25) is 0 Å². The van der Waals surface area contributed by atoms with Crippen molar-refractivity contribution in [2.24, 2.45) is 11.8 Å². The number of carbonyl (C=O) groups excluding carboxylic acids is 8. The van der Waals surface area contributed by atoms with Gasteiger partial charge in [-0.05, 0) is 117 Å². The van der Waals surface area contributed by atoms with E-state index >= 15 is 0 Å². The molecule has 4 rings (SSSR count).